The van der Waals surface area contributed by atoms with Crippen molar-refractivity contribution >= 4 is 34.6 Å². The molecule has 0 unspecified atom stereocenters. The van der Waals surface area contributed by atoms with Crippen molar-refractivity contribution in [1.29, 1.82) is 0 Å². The first-order valence-electron chi connectivity index (χ1n) is 20.1. The van der Waals surface area contributed by atoms with Crippen LogP contribution in [0.25, 0.3) is 22.9 Å². The van der Waals surface area contributed by atoms with E-state index in [4.69, 9.17) is 57.7 Å². The van der Waals surface area contributed by atoms with E-state index in [0.717, 1.165) is 99.4 Å². The molecule has 15 heteroatoms. The quantitative estimate of drug-likeness (QED) is 0.175. The lowest BCUT2D eigenvalue weighted by Crippen LogP contribution is -2.44. The third-order valence-corrected chi connectivity index (χ3v) is 13.1. The van der Waals surface area contributed by atoms with Gasteiger partial charge in [-0.25, -0.2) is 0 Å². The highest BCUT2D eigenvalue weighted by Gasteiger charge is 2.33. The molecule has 0 amide bonds. The molecule has 0 atom stereocenters. The van der Waals surface area contributed by atoms with Gasteiger partial charge in [-0.05, 0) is 108 Å². The lowest BCUT2D eigenvalue weighted by molar-refractivity contribution is 0.0936. The van der Waals surface area contributed by atoms with Crippen LogP contribution < -0.4 is 25.7 Å². The molecule has 0 spiro atoms. The van der Waals surface area contributed by atoms with Gasteiger partial charge in [-0.15, -0.1) is 20.4 Å². The van der Waals surface area contributed by atoms with E-state index in [2.05, 4.69) is 30.2 Å². The van der Waals surface area contributed by atoms with Gasteiger partial charge in [0.25, 0.3) is 11.8 Å². The fourth-order valence-corrected chi connectivity index (χ4v) is 9.15. The van der Waals surface area contributed by atoms with Crippen LogP contribution in [0, 0.1) is 5.92 Å². The van der Waals surface area contributed by atoms with Gasteiger partial charge in [-0.1, -0.05) is 36.0 Å². The molecule has 55 heavy (non-hydrogen) atoms. The van der Waals surface area contributed by atoms with Crippen LogP contribution in [0.3, 0.4) is 0 Å². The van der Waals surface area contributed by atoms with E-state index in [1.54, 1.807) is 12.1 Å². The number of nitrogen functional groups attached to an aromatic ring is 2. The fraction of sp³-hybridized carbons (Fsp3) is 0.600. The second-order valence-electron chi connectivity index (χ2n) is 15.9. The Labute approximate surface area is 331 Å². The number of nitrogens with zero attached hydrogens (tertiary/aromatic N) is 6. The van der Waals surface area contributed by atoms with E-state index in [1.807, 2.05) is 0 Å². The van der Waals surface area contributed by atoms with Crippen molar-refractivity contribution in [3.63, 3.8) is 0 Å². The number of fused-ring (bicyclic) bond motifs is 2. The molecule has 4 aromatic rings. The molecular formula is C40H50Cl2N8O5. The number of hydrogen-bond acceptors (Lipinski definition) is 13. The summed E-state index contributed by atoms with van der Waals surface area (Å²) >= 11 is 12.6. The Morgan fingerprint density at radius 3 is 1.78 bits per heavy atom. The van der Waals surface area contributed by atoms with Crippen LogP contribution in [-0.4, -0.2) is 88.8 Å². The maximum atomic E-state index is 6.35. The first-order chi connectivity index (χ1) is 26.9. The van der Waals surface area contributed by atoms with E-state index in [9.17, 15) is 0 Å². The van der Waals surface area contributed by atoms with E-state index in [-0.39, 0.29) is 0 Å². The minimum atomic E-state index is 0.302. The van der Waals surface area contributed by atoms with Crippen molar-refractivity contribution in [2.45, 2.75) is 94.9 Å². The van der Waals surface area contributed by atoms with Gasteiger partial charge in [0.05, 0.1) is 39.2 Å². The number of hydrogen-bond donors (Lipinski definition) is 2. The minimum absolute atomic E-state index is 0.302. The normalized spacial score (nSPS) is 21.2. The van der Waals surface area contributed by atoms with Gasteiger partial charge in [-0.3, -0.25) is 0 Å². The third-order valence-electron chi connectivity index (χ3n) is 12.5. The summed E-state index contributed by atoms with van der Waals surface area (Å²) in [7, 11) is 0. The molecule has 6 aliphatic rings. The van der Waals surface area contributed by atoms with Crippen LogP contribution in [0.2, 0.25) is 10.0 Å². The molecule has 10 rings (SSSR count). The molecule has 4 fully saturated rings. The number of anilines is 2. The Balaban J connectivity index is 0.000000144. The molecule has 0 radical (unpaired) electrons. The average Bonchev–Trinajstić information content (AvgIpc) is 3.88. The van der Waals surface area contributed by atoms with E-state index in [1.165, 1.54) is 45.1 Å². The summed E-state index contributed by atoms with van der Waals surface area (Å²) in [6.45, 7) is 7.24. The predicted octanol–water partition coefficient (Wildman–Crippen LogP) is 7.75. The van der Waals surface area contributed by atoms with Crippen LogP contribution in [0.1, 0.15) is 99.8 Å². The molecule has 0 bridgehead atoms. The van der Waals surface area contributed by atoms with Gasteiger partial charge >= 0.3 is 0 Å². The number of benzene rings is 2. The SMILES string of the molecule is Nc1c(Cl)cc(-c2nnc(C3CCN(C4CCC4)CC3)o2)c2c1CCCO2.Nc1c(Cl)cc(-c2nnc(C3CCN(CC4CCC4)CC3)o2)c2c1OCCO2. The standard InChI is InChI=1S/C20H25ClN4O3.C20H25ClN4O2/c21-15-10-14(17-18(16(15)22)27-9-8-26-17)20-24-23-19(28-20)13-4-6-25(7-5-13)11-12-2-1-3-12;21-16-11-15(18-14(17(16)22)5-2-10-26-18)20-24-23-19(27-20)12-6-8-25(9-7-12)13-3-1-4-13/h10,12-13H,1-9,11,22H2;11-13H,1-10,22H2. The van der Waals surface area contributed by atoms with E-state index in [0.29, 0.717) is 87.8 Å². The number of halogens is 2. The van der Waals surface area contributed by atoms with Crippen LogP contribution >= 0.6 is 23.2 Å². The number of rotatable bonds is 7. The monoisotopic (exact) mass is 792 g/mol. The van der Waals surface area contributed by atoms with Crippen LogP contribution in [0.4, 0.5) is 11.4 Å². The second kappa shape index (κ2) is 16.0. The molecule has 2 aliphatic carbocycles. The van der Waals surface area contributed by atoms with Crippen molar-refractivity contribution in [1.82, 2.24) is 30.2 Å². The van der Waals surface area contributed by atoms with Crippen LogP contribution in [-0.2, 0) is 6.42 Å². The molecule has 4 N–H and O–H groups in total. The molecule has 2 saturated heterocycles. The smallest absolute Gasteiger partial charge is 0.251 e. The van der Waals surface area contributed by atoms with Crippen LogP contribution in [0.5, 0.6) is 17.2 Å². The van der Waals surface area contributed by atoms with Gasteiger partial charge in [0.1, 0.15) is 19.0 Å². The number of nitrogens with two attached hydrogens (primary N) is 2. The van der Waals surface area contributed by atoms with Gasteiger partial charge in [0.15, 0.2) is 11.5 Å². The Morgan fingerprint density at radius 2 is 1.18 bits per heavy atom. The molecule has 2 aromatic heterocycles. The summed E-state index contributed by atoms with van der Waals surface area (Å²) in [6, 6.07) is 4.31. The molecule has 2 aromatic carbocycles. The summed E-state index contributed by atoms with van der Waals surface area (Å²) in [6.07, 6.45) is 14.3. The highest BCUT2D eigenvalue weighted by Crippen LogP contribution is 2.48. The molecule has 6 heterocycles. The van der Waals surface area contributed by atoms with Crippen molar-refractivity contribution < 1.29 is 23.0 Å². The molecule has 13 nitrogen and oxygen atoms in total. The minimum Gasteiger partial charge on any atom is -0.492 e. The van der Waals surface area contributed by atoms with Gasteiger partial charge in [0.2, 0.25) is 11.8 Å². The largest absolute Gasteiger partial charge is 0.492 e. The van der Waals surface area contributed by atoms with Crippen molar-refractivity contribution in [2.75, 3.05) is 64.0 Å². The Bertz CT molecular complexity index is 1980. The first-order valence-corrected chi connectivity index (χ1v) is 20.9. The Kier molecular flexibility index (Phi) is 10.7. The summed E-state index contributed by atoms with van der Waals surface area (Å²) in [5, 5.41) is 18.2. The van der Waals surface area contributed by atoms with Crippen molar-refractivity contribution in [2.24, 2.45) is 5.92 Å². The third kappa shape index (κ3) is 7.57. The molecule has 4 aliphatic heterocycles. The maximum absolute atomic E-state index is 6.35. The summed E-state index contributed by atoms with van der Waals surface area (Å²) in [4.78, 5) is 5.21. The fourth-order valence-electron chi connectivity index (χ4n) is 8.73. The number of ether oxygens (including phenoxy) is 3. The number of aromatic nitrogens is 4. The highest BCUT2D eigenvalue weighted by atomic mass is 35.5. The summed E-state index contributed by atoms with van der Waals surface area (Å²) in [5.74, 6) is 5.58. The first kappa shape index (κ1) is 36.8. The van der Waals surface area contributed by atoms with Gasteiger partial charge in [0, 0.05) is 30.0 Å². The van der Waals surface area contributed by atoms with Gasteiger partial charge < -0.3 is 44.3 Å². The number of likely N-dealkylation sites (tertiary alicyclic amines) is 2. The molecule has 2 saturated carbocycles. The van der Waals surface area contributed by atoms with Crippen molar-refractivity contribution in [3.8, 4) is 40.2 Å². The van der Waals surface area contributed by atoms with E-state index < -0.39 is 0 Å². The Hall–Kier alpha value is -3.78. The highest BCUT2D eigenvalue weighted by molar-refractivity contribution is 6.34. The lowest BCUT2D eigenvalue weighted by Gasteiger charge is -2.41. The zero-order valence-corrected chi connectivity index (χ0v) is 32.8. The maximum Gasteiger partial charge on any atom is 0.251 e. The zero-order chi connectivity index (χ0) is 37.5. The summed E-state index contributed by atoms with van der Waals surface area (Å²) < 4.78 is 29.4. The lowest BCUT2D eigenvalue weighted by atomic mass is 9.84. The van der Waals surface area contributed by atoms with Crippen molar-refractivity contribution in [3.05, 3.63) is 39.5 Å². The second-order valence-corrected chi connectivity index (χ2v) is 16.7. The summed E-state index contributed by atoms with van der Waals surface area (Å²) in [5.41, 5.74) is 15.5. The average molecular weight is 794 g/mol. The van der Waals surface area contributed by atoms with E-state index >= 15 is 0 Å². The van der Waals surface area contributed by atoms with Crippen LogP contribution in [0.15, 0.2) is 21.0 Å². The zero-order valence-electron chi connectivity index (χ0n) is 31.2. The number of piperidine rings is 2. The topological polar surface area (TPSA) is 164 Å². The molecular weight excluding hydrogens is 743 g/mol. The van der Waals surface area contributed by atoms with Gasteiger partial charge in [-0.2, -0.15) is 0 Å². The Morgan fingerprint density at radius 1 is 0.618 bits per heavy atom. The molecule has 294 valence electrons. The predicted molar refractivity (Wildman–Crippen MR) is 210 cm³/mol.